The first-order chi connectivity index (χ1) is 7.48. The van der Waals surface area contributed by atoms with E-state index < -0.39 is 21.3 Å². The zero-order valence-corrected chi connectivity index (χ0v) is 9.03. The largest absolute Gasteiger partial charge is 0.521 e. The van der Waals surface area contributed by atoms with Gasteiger partial charge < -0.3 is 13.7 Å². The Bertz CT molecular complexity index is 583. The fourth-order valence-corrected chi connectivity index (χ4v) is 2.66. The first-order valence-corrected chi connectivity index (χ1v) is 6.38. The van der Waals surface area contributed by atoms with Crippen LogP contribution in [0.2, 0.25) is 0 Å². The quantitative estimate of drug-likeness (QED) is 0.616. The molecule has 0 amide bonds. The normalized spacial score (nSPS) is 19.6. The summed E-state index contributed by atoms with van der Waals surface area (Å²) < 4.78 is 31.0. The molecule has 1 aliphatic rings. The van der Waals surface area contributed by atoms with Crippen LogP contribution in [-0.2, 0) is 9.84 Å². The number of hydrogen-bond donors (Lipinski definition) is 0. The predicted molar refractivity (Wildman–Crippen MR) is 54.4 cm³/mol. The molecule has 0 bridgehead atoms. The van der Waals surface area contributed by atoms with Crippen LogP contribution >= 0.6 is 0 Å². The number of anilines is 1. The van der Waals surface area contributed by atoms with Crippen LogP contribution in [0.15, 0.2) is 24.7 Å². The summed E-state index contributed by atoms with van der Waals surface area (Å²) in [5, 5.41) is 0. The van der Waals surface area contributed by atoms with Gasteiger partial charge in [-0.05, 0) is 0 Å². The fourth-order valence-electron chi connectivity index (χ4n) is 1.46. The number of rotatable bonds is 1. The Balaban J connectivity index is 2.27. The highest BCUT2D eigenvalue weighted by Gasteiger charge is 2.24. The van der Waals surface area contributed by atoms with Gasteiger partial charge in [0.2, 0.25) is 0 Å². The summed E-state index contributed by atoms with van der Waals surface area (Å²) in [5.74, 6) is -1.12. The molecule has 1 saturated heterocycles. The van der Waals surface area contributed by atoms with E-state index in [1.165, 1.54) is 4.90 Å². The van der Waals surface area contributed by atoms with Crippen molar-refractivity contribution in [3.05, 3.63) is 27.3 Å². The zero-order chi connectivity index (χ0) is 11.8. The highest BCUT2D eigenvalue weighted by molar-refractivity contribution is 7.91. The summed E-state index contributed by atoms with van der Waals surface area (Å²) in [4.78, 5) is 23.4. The summed E-state index contributed by atoms with van der Waals surface area (Å²) >= 11 is 0. The van der Waals surface area contributed by atoms with Crippen molar-refractivity contribution in [3.8, 4) is 0 Å². The van der Waals surface area contributed by atoms with Gasteiger partial charge in [0.05, 0.1) is 11.5 Å². The van der Waals surface area contributed by atoms with E-state index in [1.54, 1.807) is 0 Å². The summed E-state index contributed by atoms with van der Waals surface area (Å²) in [6, 6.07) is 0. The Morgan fingerprint density at radius 3 is 2.38 bits per heavy atom. The topological polar surface area (TPSA) is 97.8 Å². The first kappa shape index (κ1) is 10.9. The number of sulfone groups is 1. The van der Waals surface area contributed by atoms with Crippen LogP contribution in [0, 0.1) is 0 Å². The molecule has 1 aliphatic heterocycles. The van der Waals surface area contributed by atoms with E-state index in [4.69, 9.17) is 0 Å². The molecule has 0 unspecified atom stereocenters. The molecule has 2 rings (SSSR count). The molecular formula is C8H9NO6S. The molecule has 2 heterocycles. The van der Waals surface area contributed by atoms with Gasteiger partial charge in [0.15, 0.2) is 15.5 Å². The van der Waals surface area contributed by atoms with Crippen LogP contribution < -0.4 is 16.3 Å². The van der Waals surface area contributed by atoms with E-state index in [-0.39, 0.29) is 30.3 Å². The summed E-state index contributed by atoms with van der Waals surface area (Å²) in [6.45, 7) is 0.391. The molecule has 0 aromatic carbocycles. The molecule has 1 aromatic heterocycles. The third-order valence-corrected chi connectivity index (χ3v) is 3.95. The van der Waals surface area contributed by atoms with E-state index in [0.29, 0.717) is 0 Å². The van der Waals surface area contributed by atoms with Gasteiger partial charge in [0.1, 0.15) is 6.26 Å². The minimum atomic E-state index is -3.01. The second kappa shape index (κ2) is 3.78. The molecule has 1 fully saturated rings. The molecule has 0 spiro atoms. The average molecular weight is 247 g/mol. The lowest BCUT2D eigenvalue weighted by Crippen LogP contribution is -2.42. The van der Waals surface area contributed by atoms with E-state index in [9.17, 15) is 18.0 Å². The molecule has 1 aromatic rings. The van der Waals surface area contributed by atoms with Crippen molar-refractivity contribution >= 4 is 15.5 Å². The Morgan fingerprint density at radius 1 is 1.19 bits per heavy atom. The van der Waals surface area contributed by atoms with Gasteiger partial charge in [-0.2, -0.15) is 0 Å². The maximum Gasteiger partial charge on any atom is 0.521 e. The lowest BCUT2D eigenvalue weighted by molar-refractivity contribution is 0.302. The SMILES string of the molecule is O=c1occ(N2CCS(=O)(=O)CC2)c(=O)o1. The molecular weight excluding hydrogens is 238 g/mol. The van der Waals surface area contributed by atoms with Gasteiger partial charge in [-0.3, -0.25) is 0 Å². The van der Waals surface area contributed by atoms with Crippen molar-refractivity contribution in [1.82, 2.24) is 0 Å². The zero-order valence-electron chi connectivity index (χ0n) is 8.21. The Labute approximate surface area is 90.2 Å². The van der Waals surface area contributed by atoms with Gasteiger partial charge >= 0.3 is 11.4 Å². The van der Waals surface area contributed by atoms with Gasteiger partial charge in [-0.1, -0.05) is 0 Å². The van der Waals surface area contributed by atoms with Crippen LogP contribution in [0.4, 0.5) is 5.69 Å². The van der Waals surface area contributed by atoms with Crippen molar-refractivity contribution in [2.75, 3.05) is 29.5 Å². The highest BCUT2D eigenvalue weighted by atomic mass is 32.2. The van der Waals surface area contributed by atoms with E-state index in [0.717, 1.165) is 6.26 Å². The lowest BCUT2D eigenvalue weighted by atomic mass is 10.4. The van der Waals surface area contributed by atoms with E-state index >= 15 is 0 Å². The molecule has 0 atom stereocenters. The minimum Gasteiger partial charge on any atom is -0.400 e. The van der Waals surface area contributed by atoms with Crippen LogP contribution in [0.3, 0.4) is 0 Å². The molecule has 88 valence electrons. The monoisotopic (exact) mass is 247 g/mol. The predicted octanol–water partition coefficient (Wildman–Crippen LogP) is -1.17. The maximum atomic E-state index is 11.3. The lowest BCUT2D eigenvalue weighted by Gasteiger charge is -2.26. The number of nitrogens with zero attached hydrogens (tertiary/aromatic N) is 1. The molecule has 0 aliphatic carbocycles. The second-order valence-electron chi connectivity index (χ2n) is 3.40. The summed E-state index contributed by atoms with van der Waals surface area (Å²) in [6.07, 6.45) is 0.992. The van der Waals surface area contributed by atoms with E-state index in [2.05, 4.69) is 8.83 Å². The van der Waals surface area contributed by atoms with Crippen molar-refractivity contribution in [2.45, 2.75) is 0 Å². The summed E-state index contributed by atoms with van der Waals surface area (Å²) in [5.41, 5.74) is -0.731. The minimum absolute atomic E-state index is 0.0223. The van der Waals surface area contributed by atoms with Crippen molar-refractivity contribution in [1.29, 1.82) is 0 Å². The second-order valence-corrected chi connectivity index (χ2v) is 5.70. The summed E-state index contributed by atoms with van der Waals surface area (Å²) in [7, 11) is -3.01. The first-order valence-electron chi connectivity index (χ1n) is 4.56. The number of hydrogen-bond acceptors (Lipinski definition) is 7. The van der Waals surface area contributed by atoms with Gasteiger partial charge in [-0.25, -0.2) is 18.0 Å². The maximum absolute atomic E-state index is 11.3. The molecule has 0 radical (unpaired) electrons. The standard InChI is InChI=1S/C8H9NO6S/c10-7-6(5-14-8(11)15-7)9-1-3-16(12,13)4-2-9/h5H,1-4H2. The smallest absolute Gasteiger partial charge is 0.400 e. The van der Waals surface area contributed by atoms with E-state index in [1.807, 2.05) is 0 Å². The third kappa shape index (κ3) is 2.16. The van der Waals surface area contributed by atoms with Crippen molar-refractivity contribution < 1.29 is 17.3 Å². The molecule has 7 nitrogen and oxygen atoms in total. The van der Waals surface area contributed by atoms with Crippen molar-refractivity contribution in [2.24, 2.45) is 0 Å². The molecule has 16 heavy (non-hydrogen) atoms. The molecule has 0 N–H and O–H groups in total. The molecule has 0 saturated carbocycles. The van der Waals surface area contributed by atoms with Gasteiger partial charge in [0, 0.05) is 13.1 Å². The Hall–Kier alpha value is -1.57. The van der Waals surface area contributed by atoms with Gasteiger partial charge in [0.25, 0.3) is 0 Å². The van der Waals surface area contributed by atoms with Crippen LogP contribution in [-0.4, -0.2) is 33.0 Å². The van der Waals surface area contributed by atoms with Gasteiger partial charge in [-0.15, -0.1) is 0 Å². The Kier molecular flexibility index (Phi) is 2.58. The van der Waals surface area contributed by atoms with Crippen LogP contribution in [0.5, 0.6) is 0 Å². The third-order valence-electron chi connectivity index (χ3n) is 2.34. The Morgan fingerprint density at radius 2 is 1.81 bits per heavy atom. The fraction of sp³-hybridized carbons (Fsp3) is 0.500. The van der Waals surface area contributed by atoms with Crippen LogP contribution in [0.1, 0.15) is 0 Å². The average Bonchev–Trinajstić information content (AvgIpc) is 2.19. The molecule has 8 heteroatoms. The van der Waals surface area contributed by atoms with Crippen LogP contribution in [0.25, 0.3) is 0 Å². The highest BCUT2D eigenvalue weighted by Crippen LogP contribution is 2.11. The van der Waals surface area contributed by atoms with Crippen molar-refractivity contribution in [3.63, 3.8) is 0 Å².